The average Bonchev–Trinajstić information content (AvgIpc) is 3.20. The Morgan fingerprint density at radius 2 is 1.80 bits per heavy atom. The molecule has 0 bridgehead atoms. The molecule has 0 amide bonds. The molecule has 1 atom stereocenters. The first-order chi connectivity index (χ1) is 9.55. The van der Waals surface area contributed by atoms with Crippen LogP contribution in [0.1, 0.15) is 59.8 Å². The highest BCUT2D eigenvalue weighted by molar-refractivity contribution is 5.80. The molecule has 0 heterocycles. The molecule has 0 radical (unpaired) electrons. The predicted octanol–water partition coefficient (Wildman–Crippen LogP) is 2.57. The molecule has 0 aromatic heterocycles. The summed E-state index contributed by atoms with van der Waals surface area (Å²) >= 11 is 0. The molecule has 4 nitrogen and oxygen atoms in total. The van der Waals surface area contributed by atoms with Crippen molar-refractivity contribution in [3.05, 3.63) is 0 Å². The largest absolute Gasteiger partial charge is 0.465 e. The van der Waals surface area contributed by atoms with Crippen LogP contribution in [0.25, 0.3) is 0 Å². The minimum absolute atomic E-state index is 0.0974. The Morgan fingerprint density at radius 3 is 2.25 bits per heavy atom. The van der Waals surface area contributed by atoms with E-state index in [2.05, 4.69) is 24.1 Å². The van der Waals surface area contributed by atoms with Gasteiger partial charge < -0.3 is 9.64 Å². The van der Waals surface area contributed by atoms with Crippen LogP contribution in [-0.2, 0) is 9.53 Å². The lowest BCUT2D eigenvalue weighted by atomic mass is 9.97. The van der Waals surface area contributed by atoms with Crippen LogP contribution in [0.15, 0.2) is 0 Å². The second kappa shape index (κ2) is 8.63. The van der Waals surface area contributed by atoms with Gasteiger partial charge in [0.1, 0.15) is 5.54 Å². The fourth-order valence-electron chi connectivity index (χ4n) is 2.55. The Labute approximate surface area is 124 Å². The van der Waals surface area contributed by atoms with Crippen LogP contribution in [0.3, 0.4) is 0 Å². The first-order valence-corrected chi connectivity index (χ1v) is 8.23. The van der Waals surface area contributed by atoms with E-state index in [1.54, 1.807) is 0 Å². The molecule has 1 fully saturated rings. The maximum atomic E-state index is 12.3. The fraction of sp³-hybridized carbons (Fsp3) is 0.938. The Bertz CT molecular complexity index is 286. The molecule has 1 aliphatic carbocycles. The lowest BCUT2D eigenvalue weighted by Crippen LogP contribution is -2.53. The molecular formula is C16H32N2O2. The molecule has 4 heteroatoms. The molecule has 1 aliphatic rings. The van der Waals surface area contributed by atoms with Gasteiger partial charge in [0.2, 0.25) is 0 Å². The van der Waals surface area contributed by atoms with E-state index < -0.39 is 5.54 Å². The number of nitrogens with one attached hydrogen (secondary N) is 1. The maximum Gasteiger partial charge on any atom is 0.326 e. The summed E-state index contributed by atoms with van der Waals surface area (Å²) in [5.74, 6) is -0.0974. The SMILES string of the molecule is CCCN(CCC)CCC(C)(NC1CC1)C(=O)OCC. The van der Waals surface area contributed by atoms with Gasteiger partial charge in [-0.05, 0) is 59.0 Å². The van der Waals surface area contributed by atoms with Crippen molar-refractivity contribution < 1.29 is 9.53 Å². The van der Waals surface area contributed by atoms with Gasteiger partial charge in [-0.1, -0.05) is 13.8 Å². The summed E-state index contributed by atoms with van der Waals surface area (Å²) in [6.07, 6.45) is 5.51. The molecule has 0 aromatic rings. The first-order valence-electron chi connectivity index (χ1n) is 8.23. The van der Waals surface area contributed by atoms with Crippen LogP contribution < -0.4 is 5.32 Å². The van der Waals surface area contributed by atoms with Gasteiger partial charge in [-0.25, -0.2) is 0 Å². The van der Waals surface area contributed by atoms with E-state index >= 15 is 0 Å². The number of ether oxygens (including phenoxy) is 1. The van der Waals surface area contributed by atoms with Crippen molar-refractivity contribution in [3.63, 3.8) is 0 Å². The molecule has 1 unspecified atom stereocenters. The third kappa shape index (κ3) is 5.80. The number of carbonyl (C=O) groups is 1. The second-order valence-electron chi connectivity index (χ2n) is 6.06. The number of carbonyl (C=O) groups excluding carboxylic acids is 1. The molecule has 20 heavy (non-hydrogen) atoms. The van der Waals surface area contributed by atoms with E-state index in [9.17, 15) is 4.79 Å². The quantitative estimate of drug-likeness (QED) is 0.592. The molecule has 0 spiro atoms. The molecule has 1 N–H and O–H groups in total. The maximum absolute atomic E-state index is 12.3. The van der Waals surface area contributed by atoms with E-state index in [1.807, 2.05) is 13.8 Å². The Morgan fingerprint density at radius 1 is 1.20 bits per heavy atom. The van der Waals surface area contributed by atoms with Crippen LogP contribution in [0, 0.1) is 0 Å². The summed E-state index contributed by atoms with van der Waals surface area (Å²) in [5, 5.41) is 3.49. The van der Waals surface area contributed by atoms with Gasteiger partial charge in [0.25, 0.3) is 0 Å². The molecule has 1 saturated carbocycles. The summed E-state index contributed by atoms with van der Waals surface area (Å²) in [7, 11) is 0. The zero-order chi connectivity index (χ0) is 15.0. The standard InChI is InChI=1S/C16H32N2O2/c1-5-11-18(12-6-2)13-10-16(4,15(19)20-7-3)17-14-8-9-14/h14,17H,5-13H2,1-4H3. The van der Waals surface area contributed by atoms with Crippen molar-refractivity contribution in [2.75, 3.05) is 26.2 Å². The number of rotatable bonds is 11. The van der Waals surface area contributed by atoms with E-state index in [1.165, 1.54) is 12.8 Å². The number of esters is 1. The minimum Gasteiger partial charge on any atom is -0.465 e. The summed E-state index contributed by atoms with van der Waals surface area (Å²) in [6, 6.07) is 0.509. The Balaban J connectivity index is 2.55. The van der Waals surface area contributed by atoms with Gasteiger partial charge in [-0.3, -0.25) is 10.1 Å². The van der Waals surface area contributed by atoms with E-state index in [4.69, 9.17) is 4.74 Å². The monoisotopic (exact) mass is 284 g/mol. The van der Waals surface area contributed by atoms with E-state index in [0.717, 1.165) is 38.9 Å². The van der Waals surface area contributed by atoms with Gasteiger partial charge in [-0.15, -0.1) is 0 Å². The lowest BCUT2D eigenvalue weighted by Gasteiger charge is -2.31. The highest BCUT2D eigenvalue weighted by Crippen LogP contribution is 2.25. The molecule has 0 aliphatic heterocycles. The van der Waals surface area contributed by atoms with Crippen molar-refractivity contribution in [2.45, 2.75) is 71.4 Å². The summed E-state index contributed by atoms with van der Waals surface area (Å²) in [6.45, 7) is 11.9. The van der Waals surface area contributed by atoms with Crippen LogP contribution in [0.5, 0.6) is 0 Å². The summed E-state index contributed by atoms with van der Waals surface area (Å²) in [5.41, 5.74) is -0.531. The van der Waals surface area contributed by atoms with Gasteiger partial charge in [0.15, 0.2) is 0 Å². The molecule has 0 saturated heterocycles. The number of hydrogen-bond donors (Lipinski definition) is 1. The van der Waals surface area contributed by atoms with Crippen molar-refractivity contribution in [3.8, 4) is 0 Å². The first kappa shape index (κ1) is 17.4. The normalized spacial score (nSPS) is 18.1. The zero-order valence-electron chi connectivity index (χ0n) is 13.7. The smallest absolute Gasteiger partial charge is 0.326 e. The van der Waals surface area contributed by atoms with Crippen molar-refractivity contribution in [1.82, 2.24) is 10.2 Å². The van der Waals surface area contributed by atoms with Crippen molar-refractivity contribution >= 4 is 5.97 Å². The number of nitrogens with zero attached hydrogens (tertiary/aromatic N) is 1. The van der Waals surface area contributed by atoms with Gasteiger partial charge in [0, 0.05) is 12.6 Å². The van der Waals surface area contributed by atoms with Gasteiger partial charge in [0.05, 0.1) is 6.61 Å². The van der Waals surface area contributed by atoms with Crippen LogP contribution >= 0.6 is 0 Å². The van der Waals surface area contributed by atoms with Crippen molar-refractivity contribution in [2.24, 2.45) is 0 Å². The number of hydrogen-bond acceptors (Lipinski definition) is 4. The van der Waals surface area contributed by atoms with Crippen LogP contribution in [0.2, 0.25) is 0 Å². The van der Waals surface area contributed by atoms with Gasteiger partial charge in [-0.2, -0.15) is 0 Å². The summed E-state index contributed by atoms with van der Waals surface area (Å²) < 4.78 is 5.27. The molecular weight excluding hydrogens is 252 g/mol. The highest BCUT2D eigenvalue weighted by atomic mass is 16.5. The second-order valence-corrected chi connectivity index (χ2v) is 6.06. The van der Waals surface area contributed by atoms with Crippen molar-refractivity contribution in [1.29, 1.82) is 0 Å². The topological polar surface area (TPSA) is 41.6 Å². The molecule has 1 rings (SSSR count). The van der Waals surface area contributed by atoms with E-state index in [0.29, 0.717) is 12.6 Å². The fourth-order valence-corrected chi connectivity index (χ4v) is 2.55. The van der Waals surface area contributed by atoms with Gasteiger partial charge >= 0.3 is 5.97 Å². The molecule has 0 aromatic carbocycles. The minimum atomic E-state index is -0.531. The van der Waals surface area contributed by atoms with Crippen LogP contribution in [0.4, 0.5) is 0 Å². The summed E-state index contributed by atoms with van der Waals surface area (Å²) in [4.78, 5) is 14.7. The third-order valence-corrected chi connectivity index (χ3v) is 3.83. The molecule has 118 valence electrons. The Hall–Kier alpha value is -0.610. The van der Waals surface area contributed by atoms with Crippen LogP contribution in [-0.4, -0.2) is 48.7 Å². The Kier molecular flexibility index (Phi) is 7.52. The van der Waals surface area contributed by atoms with E-state index in [-0.39, 0.29) is 5.97 Å². The predicted molar refractivity (Wildman–Crippen MR) is 82.8 cm³/mol. The highest BCUT2D eigenvalue weighted by Gasteiger charge is 2.39. The lowest BCUT2D eigenvalue weighted by molar-refractivity contribution is -0.151. The average molecular weight is 284 g/mol. The third-order valence-electron chi connectivity index (χ3n) is 3.83. The zero-order valence-corrected chi connectivity index (χ0v) is 13.7.